The van der Waals surface area contributed by atoms with E-state index in [2.05, 4.69) is 9.97 Å². The molecule has 1 aromatic heterocycles. The zero-order valence-electron chi connectivity index (χ0n) is 13.9. The fraction of sp³-hybridized carbons (Fsp3) is 0.100. The molecule has 0 spiro atoms. The lowest BCUT2D eigenvalue weighted by atomic mass is 10.2. The van der Waals surface area contributed by atoms with Crippen LogP contribution >= 0.6 is 23.5 Å². The normalized spacial score (nSPS) is 10.5. The number of rotatable bonds is 8. The van der Waals surface area contributed by atoms with Crippen molar-refractivity contribution < 1.29 is 9.59 Å². The van der Waals surface area contributed by atoms with Gasteiger partial charge in [-0.2, -0.15) is 0 Å². The molecule has 6 heteroatoms. The standard InChI is InChI=1S/C20H16N2O2S2/c23-17(15-7-3-1-4-8-15)13-25-19-11-12-21-20(22-19)26-14-18(24)16-9-5-2-6-10-16/h1-12H,13-14H2. The summed E-state index contributed by atoms with van der Waals surface area (Å²) < 4.78 is 0. The molecular formula is C20H16N2O2S2. The summed E-state index contributed by atoms with van der Waals surface area (Å²) in [5, 5.41) is 1.25. The molecule has 0 aliphatic rings. The molecule has 0 saturated carbocycles. The van der Waals surface area contributed by atoms with E-state index in [0.717, 1.165) is 5.03 Å². The molecular weight excluding hydrogens is 364 g/mol. The van der Waals surface area contributed by atoms with Gasteiger partial charge in [0.2, 0.25) is 0 Å². The molecule has 0 fully saturated rings. The Morgan fingerprint density at radius 3 is 1.85 bits per heavy atom. The lowest BCUT2D eigenvalue weighted by molar-refractivity contribution is 0.101. The maximum atomic E-state index is 12.2. The van der Waals surface area contributed by atoms with E-state index in [1.54, 1.807) is 36.5 Å². The van der Waals surface area contributed by atoms with Crippen LogP contribution < -0.4 is 0 Å². The molecule has 0 aliphatic carbocycles. The molecule has 0 aliphatic heterocycles. The molecule has 0 radical (unpaired) electrons. The summed E-state index contributed by atoms with van der Waals surface area (Å²) in [6.45, 7) is 0. The Bertz CT molecular complexity index is 816. The van der Waals surface area contributed by atoms with E-state index in [4.69, 9.17) is 0 Å². The van der Waals surface area contributed by atoms with Crippen LogP contribution in [0.1, 0.15) is 20.7 Å². The fourth-order valence-corrected chi connectivity index (χ4v) is 3.70. The molecule has 26 heavy (non-hydrogen) atoms. The number of aromatic nitrogens is 2. The first kappa shape index (κ1) is 18.4. The molecule has 4 nitrogen and oxygen atoms in total. The van der Waals surface area contributed by atoms with Crippen molar-refractivity contribution in [2.24, 2.45) is 0 Å². The van der Waals surface area contributed by atoms with Crippen LogP contribution in [0.15, 0.2) is 83.1 Å². The summed E-state index contributed by atoms with van der Waals surface area (Å²) in [7, 11) is 0. The zero-order valence-corrected chi connectivity index (χ0v) is 15.5. The van der Waals surface area contributed by atoms with Gasteiger partial charge in [0.25, 0.3) is 0 Å². The lowest BCUT2D eigenvalue weighted by Gasteiger charge is -2.04. The van der Waals surface area contributed by atoms with Gasteiger partial charge in [-0.1, -0.05) is 84.2 Å². The van der Waals surface area contributed by atoms with Gasteiger partial charge in [-0.3, -0.25) is 9.59 Å². The largest absolute Gasteiger partial charge is 0.293 e. The van der Waals surface area contributed by atoms with Gasteiger partial charge in [-0.25, -0.2) is 9.97 Å². The summed E-state index contributed by atoms with van der Waals surface area (Å²) in [4.78, 5) is 32.9. The molecule has 2 aromatic carbocycles. The summed E-state index contributed by atoms with van der Waals surface area (Å²) in [6.07, 6.45) is 1.65. The van der Waals surface area contributed by atoms with E-state index in [-0.39, 0.29) is 17.3 Å². The second kappa shape index (κ2) is 9.31. The lowest BCUT2D eigenvalue weighted by Crippen LogP contribution is -2.04. The number of thioether (sulfide) groups is 2. The third kappa shape index (κ3) is 5.28. The molecule has 0 saturated heterocycles. The van der Waals surface area contributed by atoms with E-state index < -0.39 is 0 Å². The van der Waals surface area contributed by atoms with Crippen molar-refractivity contribution in [2.45, 2.75) is 10.2 Å². The van der Waals surface area contributed by atoms with E-state index in [9.17, 15) is 9.59 Å². The minimum absolute atomic E-state index is 0.0384. The Balaban J connectivity index is 1.55. The van der Waals surface area contributed by atoms with E-state index >= 15 is 0 Å². The van der Waals surface area contributed by atoms with Crippen LogP contribution in [0.3, 0.4) is 0 Å². The maximum Gasteiger partial charge on any atom is 0.189 e. The van der Waals surface area contributed by atoms with Gasteiger partial charge in [-0.05, 0) is 6.07 Å². The Morgan fingerprint density at radius 2 is 1.27 bits per heavy atom. The van der Waals surface area contributed by atoms with Crippen molar-refractivity contribution in [2.75, 3.05) is 11.5 Å². The highest BCUT2D eigenvalue weighted by atomic mass is 32.2. The molecule has 0 N–H and O–H groups in total. The maximum absolute atomic E-state index is 12.2. The summed E-state index contributed by atoms with van der Waals surface area (Å²) >= 11 is 2.67. The van der Waals surface area contributed by atoms with Crippen molar-refractivity contribution >= 4 is 35.1 Å². The van der Waals surface area contributed by atoms with E-state index in [0.29, 0.717) is 22.0 Å². The van der Waals surface area contributed by atoms with Crippen LogP contribution in [-0.2, 0) is 0 Å². The van der Waals surface area contributed by atoms with Crippen LogP contribution in [0.4, 0.5) is 0 Å². The Kier molecular flexibility index (Phi) is 6.57. The fourth-order valence-electron chi connectivity index (χ4n) is 2.16. The van der Waals surface area contributed by atoms with E-state index in [1.165, 1.54) is 23.5 Å². The minimum atomic E-state index is 0.0384. The first-order valence-electron chi connectivity index (χ1n) is 7.97. The molecule has 1 heterocycles. The van der Waals surface area contributed by atoms with Gasteiger partial charge in [0.1, 0.15) is 5.03 Å². The van der Waals surface area contributed by atoms with E-state index in [1.807, 2.05) is 36.4 Å². The smallest absolute Gasteiger partial charge is 0.189 e. The predicted molar refractivity (Wildman–Crippen MR) is 105 cm³/mol. The Hall–Kier alpha value is -2.44. The van der Waals surface area contributed by atoms with Gasteiger partial charge in [-0.15, -0.1) is 0 Å². The van der Waals surface area contributed by atoms with Crippen LogP contribution in [0.2, 0.25) is 0 Å². The number of carbonyl (C=O) groups excluding carboxylic acids is 2. The third-order valence-electron chi connectivity index (χ3n) is 3.48. The highest BCUT2D eigenvalue weighted by molar-refractivity contribution is 8.00. The quantitative estimate of drug-likeness (QED) is 0.249. The monoisotopic (exact) mass is 380 g/mol. The number of nitrogens with zero attached hydrogens (tertiary/aromatic N) is 2. The summed E-state index contributed by atoms with van der Waals surface area (Å²) in [6, 6.07) is 20.1. The number of hydrogen-bond donors (Lipinski definition) is 0. The Labute approximate surface area is 160 Å². The number of carbonyl (C=O) groups is 2. The first-order chi connectivity index (χ1) is 12.7. The molecule has 3 aromatic rings. The van der Waals surface area contributed by atoms with Crippen molar-refractivity contribution in [1.29, 1.82) is 0 Å². The van der Waals surface area contributed by atoms with Crippen molar-refractivity contribution in [3.63, 3.8) is 0 Å². The highest BCUT2D eigenvalue weighted by Crippen LogP contribution is 2.21. The van der Waals surface area contributed by atoms with Gasteiger partial charge >= 0.3 is 0 Å². The molecule has 0 unspecified atom stereocenters. The zero-order chi connectivity index (χ0) is 18.2. The first-order valence-corrected chi connectivity index (χ1v) is 9.94. The highest BCUT2D eigenvalue weighted by Gasteiger charge is 2.10. The number of hydrogen-bond acceptors (Lipinski definition) is 6. The molecule has 130 valence electrons. The molecule has 0 atom stereocenters. The van der Waals surface area contributed by atoms with Crippen LogP contribution in [-0.4, -0.2) is 33.0 Å². The average molecular weight is 380 g/mol. The van der Waals surface area contributed by atoms with Crippen molar-refractivity contribution in [3.05, 3.63) is 84.1 Å². The van der Waals surface area contributed by atoms with Gasteiger partial charge in [0, 0.05) is 17.3 Å². The minimum Gasteiger partial charge on any atom is -0.293 e. The summed E-state index contributed by atoms with van der Waals surface area (Å²) in [5.74, 6) is 0.689. The van der Waals surface area contributed by atoms with Crippen LogP contribution in [0, 0.1) is 0 Å². The van der Waals surface area contributed by atoms with Gasteiger partial charge < -0.3 is 0 Å². The summed E-state index contributed by atoms with van der Waals surface area (Å²) in [5.41, 5.74) is 1.37. The van der Waals surface area contributed by atoms with Gasteiger partial charge in [0.15, 0.2) is 16.7 Å². The SMILES string of the molecule is O=C(CSc1ccnc(SCC(=O)c2ccccc2)n1)c1ccccc1. The van der Waals surface area contributed by atoms with Gasteiger partial charge in [0.05, 0.1) is 11.5 Å². The van der Waals surface area contributed by atoms with Crippen LogP contribution in [0.25, 0.3) is 0 Å². The molecule has 0 bridgehead atoms. The predicted octanol–water partition coefficient (Wildman–Crippen LogP) is 4.43. The number of Topliss-reactive ketones (excluding diaryl/α,β-unsaturated/α-hetero) is 2. The average Bonchev–Trinajstić information content (AvgIpc) is 2.72. The van der Waals surface area contributed by atoms with Crippen LogP contribution in [0.5, 0.6) is 0 Å². The topological polar surface area (TPSA) is 59.9 Å². The molecule has 3 rings (SSSR count). The third-order valence-corrected chi connectivity index (χ3v) is 5.27. The second-order valence-electron chi connectivity index (χ2n) is 5.33. The number of benzene rings is 2. The molecule has 0 amide bonds. The Morgan fingerprint density at radius 1 is 0.731 bits per heavy atom. The number of ketones is 2. The van der Waals surface area contributed by atoms with Crippen molar-refractivity contribution in [1.82, 2.24) is 9.97 Å². The second-order valence-corrected chi connectivity index (χ2v) is 7.27. The van der Waals surface area contributed by atoms with Crippen molar-refractivity contribution in [3.8, 4) is 0 Å².